The highest BCUT2D eigenvalue weighted by molar-refractivity contribution is 5.80. The van der Waals surface area contributed by atoms with Crippen LogP contribution in [0.25, 0.3) is 11.0 Å². The van der Waals surface area contributed by atoms with Crippen LogP contribution in [-0.2, 0) is 29.2 Å². The topological polar surface area (TPSA) is 89.3 Å². The van der Waals surface area contributed by atoms with Gasteiger partial charge in [0.2, 0.25) is 11.9 Å². The summed E-state index contributed by atoms with van der Waals surface area (Å²) in [6, 6.07) is 7.63. The monoisotopic (exact) mass is 365 g/mol. The van der Waals surface area contributed by atoms with E-state index in [4.69, 9.17) is 4.74 Å². The predicted octanol–water partition coefficient (Wildman–Crippen LogP) is 0.600. The zero-order chi connectivity index (χ0) is 18.2. The van der Waals surface area contributed by atoms with Gasteiger partial charge in [0.25, 0.3) is 0 Å². The summed E-state index contributed by atoms with van der Waals surface area (Å²) in [5.74, 6) is 0.713. The molecule has 1 saturated heterocycles. The molecule has 5 rings (SSSR count). The van der Waals surface area contributed by atoms with Gasteiger partial charge >= 0.3 is 0 Å². The zero-order valence-corrected chi connectivity index (χ0v) is 14.8. The van der Waals surface area contributed by atoms with E-state index in [-0.39, 0.29) is 12.5 Å². The van der Waals surface area contributed by atoms with E-state index in [0.717, 1.165) is 35.4 Å². The van der Waals surface area contributed by atoms with Crippen molar-refractivity contribution in [1.29, 1.82) is 0 Å². The van der Waals surface area contributed by atoms with Crippen molar-refractivity contribution in [3.05, 3.63) is 41.7 Å². The molecular formula is C18H19N7O2. The Morgan fingerprint density at radius 1 is 1.15 bits per heavy atom. The predicted molar refractivity (Wildman–Crippen MR) is 96.8 cm³/mol. The van der Waals surface area contributed by atoms with Crippen LogP contribution in [0.1, 0.15) is 11.3 Å². The summed E-state index contributed by atoms with van der Waals surface area (Å²) in [5.41, 5.74) is 3.57. The summed E-state index contributed by atoms with van der Waals surface area (Å²) >= 11 is 0. The van der Waals surface area contributed by atoms with Crippen LogP contribution in [0.5, 0.6) is 0 Å². The van der Waals surface area contributed by atoms with Crippen LogP contribution in [0.15, 0.2) is 30.5 Å². The minimum absolute atomic E-state index is 0.00317. The summed E-state index contributed by atoms with van der Waals surface area (Å²) in [7, 11) is 0. The number of aromatic nitrogens is 5. The van der Waals surface area contributed by atoms with Crippen molar-refractivity contribution in [3.63, 3.8) is 0 Å². The van der Waals surface area contributed by atoms with Gasteiger partial charge in [0, 0.05) is 31.4 Å². The molecule has 0 N–H and O–H groups in total. The third-order valence-electron chi connectivity index (χ3n) is 5.00. The second kappa shape index (κ2) is 6.58. The summed E-state index contributed by atoms with van der Waals surface area (Å²) in [6.07, 6.45) is 1.84. The minimum Gasteiger partial charge on any atom is -0.378 e. The molecule has 138 valence electrons. The summed E-state index contributed by atoms with van der Waals surface area (Å²) in [6.45, 7) is 4.17. The van der Waals surface area contributed by atoms with Crippen molar-refractivity contribution >= 4 is 22.9 Å². The minimum atomic E-state index is -0.00317. The van der Waals surface area contributed by atoms with Gasteiger partial charge in [-0.3, -0.25) is 4.79 Å². The lowest BCUT2D eigenvalue weighted by atomic mass is 10.3. The fraction of sp³-hybridized carbons (Fsp3) is 0.389. The maximum Gasteiger partial charge on any atom is 0.245 e. The lowest BCUT2D eigenvalue weighted by Gasteiger charge is -2.26. The molecule has 2 aliphatic heterocycles. The van der Waals surface area contributed by atoms with Gasteiger partial charge in [-0.05, 0) is 12.1 Å². The number of benzene rings is 1. The van der Waals surface area contributed by atoms with Crippen molar-refractivity contribution < 1.29 is 9.53 Å². The zero-order valence-electron chi connectivity index (χ0n) is 14.8. The number of amides is 1. The fourth-order valence-electron chi connectivity index (χ4n) is 3.50. The summed E-state index contributed by atoms with van der Waals surface area (Å²) in [4.78, 5) is 25.9. The number of hydrogen-bond acceptors (Lipinski definition) is 7. The fourth-order valence-corrected chi connectivity index (χ4v) is 3.50. The number of nitrogens with zero attached hydrogens (tertiary/aromatic N) is 7. The highest BCUT2D eigenvalue weighted by Gasteiger charge is 2.27. The van der Waals surface area contributed by atoms with Crippen molar-refractivity contribution in [2.45, 2.75) is 19.6 Å². The molecule has 27 heavy (non-hydrogen) atoms. The van der Waals surface area contributed by atoms with Gasteiger partial charge in [0.15, 0.2) is 0 Å². The third kappa shape index (κ3) is 2.99. The Morgan fingerprint density at radius 3 is 2.89 bits per heavy atom. The lowest BCUT2D eigenvalue weighted by Crippen LogP contribution is -2.37. The van der Waals surface area contributed by atoms with Crippen LogP contribution >= 0.6 is 0 Å². The first-order chi connectivity index (χ1) is 13.3. The average Bonchev–Trinajstić information content (AvgIpc) is 3.32. The molecule has 0 unspecified atom stereocenters. The highest BCUT2D eigenvalue weighted by Crippen LogP contribution is 2.23. The van der Waals surface area contributed by atoms with E-state index < -0.39 is 0 Å². The molecule has 0 atom stereocenters. The number of morpholine rings is 1. The second-order valence-electron chi connectivity index (χ2n) is 6.73. The molecule has 0 bridgehead atoms. The number of ether oxygens (including phenoxy) is 1. The van der Waals surface area contributed by atoms with Crippen molar-refractivity contribution in [2.75, 3.05) is 31.2 Å². The molecule has 2 aromatic heterocycles. The van der Waals surface area contributed by atoms with Gasteiger partial charge in [-0.25, -0.2) is 14.6 Å². The molecule has 0 saturated carbocycles. The molecule has 3 aromatic rings. The second-order valence-corrected chi connectivity index (χ2v) is 6.73. The van der Waals surface area contributed by atoms with E-state index in [1.165, 1.54) is 0 Å². The average molecular weight is 365 g/mol. The standard InChI is InChI=1S/C18H19N7O2/c26-17(12-25-16-4-2-1-3-14(16)21-22-25)24-10-13-9-19-18(20-15(13)11-24)23-5-7-27-8-6-23/h1-4,9H,5-8,10-12H2. The Balaban J connectivity index is 1.31. The molecule has 0 radical (unpaired) electrons. The lowest BCUT2D eigenvalue weighted by molar-refractivity contribution is -0.132. The van der Waals surface area contributed by atoms with Crippen LogP contribution in [-0.4, -0.2) is 62.1 Å². The molecule has 4 heterocycles. The van der Waals surface area contributed by atoms with E-state index in [1.807, 2.05) is 30.5 Å². The quantitative estimate of drug-likeness (QED) is 0.671. The molecule has 1 amide bonds. The van der Waals surface area contributed by atoms with Gasteiger partial charge in [0.1, 0.15) is 12.1 Å². The normalized spacial score (nSPS) is 16.7. The molecular weight excluding hydrogens is 346 g/mol. The molecule has 0 spiro atoms. The van der Waals surface area contributed by atoms with Crippen molar-refractivity contribution in [1.82, 2.24) is 29.9 Å². The van der Waals surface area contributed by atoms with Crippen LogP contribution in [0.2, 0.25) is 0 Å². The summed E-state index contributed by atoms with van der Waals surface area (Å²) < 4.78 is 7.02. The first-order valence-corrected chi connectivity index (χ1v) is 9.01. The van der Waals surface area contributed by atoms with E-state index >= 15 is 0 Å². The van der Waals surface area contributed by atoms with Crippen LogP contribution in [0, 0.1) is 0 Å². The Hall–Kier alpha value is -3.07. The Kier molecular flexibility index (Phi) is 3.93. The first kappa shape index (κ1) is 16.1. The maximum atomic E-state index is 12.8. The van der Waals surface area contributed by atoms with Crippen molar-refractivity contribution in [3.8, 4) is 0 Å². The first-order valence-electron chi connectivity index (χ1n) is 9.01. The van der Waals surface area contributed by atoms with Gasteiger partial charge in [-0.1, -0.05) is 17.3 Å². The third-order valence-corrected chi connectivity index (χ3v) is 5.00. The molecule has 9 heteroatoms. The number of carbonyl (C=O) groups excluding carboxylic acids is 1. The van der Waals surface area contributed by atoms with Gasteiger partial charge in [-0.15, -0.1) is 5.10 Å². The Morgan fingerprint density at radius 2 is 2.00 bits per heavy atom. The highest BCUT2D eigenvalue weighted by atomic mass is 16.5. The van der Waals surface area contributed by atoms with E-state index in [0.29, 0.717) is 32.3 Å². The van der Waals surface area contributed by atoms with E-state index in [9.17, 15) is 4.79 Å². The van der Waals surface area contributed by atoms with Crippen molar-refractivity contribution in [2.24, 2.45) is 0 Å². The SMILES string of the molecule is O=C(Cn1nnc2ccccc21)N1Cc2cnc(N3CCOCC3)nc2C1. The number of fused-ring (bicyclic) bond motifs is 2. The largest absolute Gasteiger partial charge is 0.378 e. The van der Waals surface area contributed by atoms with Gasteiger partial charge in [0.05, 0.1) is 31.0 Å². The number of carbonyl (C=O) groups is 1. The van der Waals surface area contributed by atoms with Crippen LogP contribution < -0.4 is 4.90 Å². The summed E-state index contributed by atoms with van der Waals surface area (Å²) in [5, 5.41) is 8.21. The number of hydrogen-bond donors (Lipinski definition) is 0. The number of rotatable bonds is 3. The number of para-hydroxylation sites is 1. The van der Waals surface area contributed by atoms with Crippen LogP contribution in [0.4, 0.5) is 5.95 Å². The molecule has 1 aromatic carbocycles. The van der Waals surface area contributed by atoms with Gasteiger partial charge < -0.3 is 14.5 Å². The molecule has 0 aliphatic carbocycles. The number of anilines is 1. The molecule has 1 fully saturated rings. The molecule has 2 aliphatic rings. The Bertz CT molecular complexity index is 996. The maximum absolute atomic E-state index is 12.8. The van der Waals surface area contributed by atoms with Gasteiger partial charge in [-0.2, -0.15) is 0 Å². The van der Waals surface area contributed by atoms with Crippen LogP contribution in [0.3, 0.4) is 0 Å². The van der Waals surface area contributed by atoms with E-state index in [1.54, 1.807) is 9.58 Å². The van der Waals surface area contributed by atoms with E-state index in [2.05, 4.69) is 25.2 Å². The smallest absolute Gasteiger partial charge is 0.245 e. The Labute approximate surface area is 155 Å². The molecule has 9 nitrogen and oxygen atoms in total.